The number of benzene rings is 2. The Morgan fingerprint density at radius 1 is 1.00 bits per heavy atom. The van der Waals surface area contributed by atoms with Crippen molar-refractivity contribution in [2.24, 2.45) is 0 Å². The van der Waals surface area contributed by atoms with Gasteiger partial charge in [0, 0.05) is 17.1 Å². The molecule has 0 saturated heterocycles. The van der Waals surface area contributed by atoms with E-state index >= 15 is 0 Å². The van der Waals surface area contributed by atoms with Gasteiger partial charge in [-0.1, -0.05) is 30.3 Å². The van der Waals surface area contributed by atoms with Crippen molar-refractivity contribution in [2.75, 3.05) is 0 Å². The van der Waals surface area contributed by atoms with Crippen LogP contribution in [-0.2, 0) is 6.54 Å². The van der Waals surface area contributed by atoms with Crippen LogP contribution in [0.2, 0.25) is 0 Å². The number of nitrogens with one attached hydrogen (secondary N) is 1. The number of fused-ring (bicyclic) bond motifs is 2. The van der Waals surface area contributed by atoms with E-state index in [1.807, 2.05) is 57.2 Å². The lowest BCUT2D eigenvalue weighted by molar-refractivity contribution is 0.0687. The van der Waals surface area contributed by atoms with Crippen LogP contribution in [0.5, 0.6) is 0 Å². The Hall–Kier alpha value is -3.54. The van der Waals surface area contributed by atoms with Gasteiger partial charge >= 0.3 is 0 Å². The van der Waals surface area contributed by atoms with Crippen LogP contribution in [0.4, 0.5) is 0 Å². The van der Waals surface area contributed by atoms with Gasteiger partial charge in [-0.15, -0.1) is 0 Å². The van der Waals surface area contributed by atoms with Crippen molar-refractivity contribution in [3.63, 3.8) is 0 Å². The summed E-state index contributed by atoms with van der Waals surface area (Å²) in [6, 6.07) is 16.5. The lowest BCUT2D eigenvalue weighted by Gasteiger charge is -2.27. The topological polar surface area (TPSA) is 79.0 Å². The van der Waals surface area contributed by atoms with Gasteiger partial charge in [-0.05, 0) is 45.0 Å². The van der Waals surface area contributed by atoms with E-state index in [4.69, 9.17) is 0 Å². The minimum Gasteiger partial charge on any atom is -0.329 e. The van der Waals surface area contributed by atoms with Crippen molar-refractivity contribution in [2.45, 2.75) is 33.4 Å². The lowest BCUT2D eigenvalue weighted by atomic mass is 10.1. The van der Waals surface area contributed by atoms with E-state index in [-0.39, 0.29) is 24.1 Å². The van der Waals surface area contributed by atoms with Crippen LogP contribution >= 0.6 is 0 Å². The first-order valence-electron chi connectivity index (χ1n) is 9.59. The van der Waals surface area contributed by atoms with Gasteiger partial charge in [0.2, 0.25) is 0 Å². The highest BCUT2D eigenvalue weighted by molar-refractivity contribution is 6.06. The van der Waals surface area contributed by atoms with Crippen molar-refractivity contribution >= 4 is 27.7 Å². The number of pyridine rings is 1. The molecule has 0 fully saturated rings. The SMILES string of the molecule is Cc1cc(C(=O)N(Cc2nc3ccccc3c(=O)[nH]2)C(C)C)c2ccccc2n1. The van der Waals surface area contributed by atoms with E-state index in [2.05, 4.69) is 15.0 Å². The quantitative estimate of drug-likeness (QED) is 0.578. The fourth-order valence-corrected chi connectivity index (χ4v) is 3.50. The second kappa shape index (κ2) is 7.47. The van der Waals surface area contributed by atoms with E-state index in [1.165, 1.54) is 0 Å². The summed E-state index contributed by atoms with van der Waals surface area (Å²) in [4.78, 5) is 39.5. The van der Waals surface area contributed by atoms with Crippen LogP contribution in [0.25, 0.3) is 21.8 Å². The lowest BCUT2D eigenvalue weighted by Crippen LogP contribution is -2.37. The van der Waals surface area contributed by atoms with Crippen molar-refractivity contribution in [1.29, 1.82) is 0 Å². The van der Waals surface area contributed by atoms with Gasteiger partial charge in [-0.2, -0.15) is 0 Å². The third-order valence-electron chi connectivity index (χ3n) is 4.94. The molecule has 6 nitrogen and oxygen atoms in total. The number of aromatic nitrogens is 3. The van der Waals surface area contributed by atoms with E-state index < -0.39 is 0 Å². The second-order valence-electron chi connectivity index (χ2n) is 7.38. The summed E-state index contributed by atoms with van der Waals surface area (Å²) in [5.41, 5.74) is 2.59. The van der Waals surface area contributed by atoms with E-state index in [1.54, 1.807) is 23.1 Å². The molecule has 2 aromatic carbocycles. The minimum absolute atomic E-state index is 0.0773. The molecule has 0 spiro atoms. The Kier molecular flexibility index (Phi) is 4.84. The molecule has 1 N–H and O–H groups in total. The summed E-state index contributed by atoms with van der Waals surface area (Å²) in [5, 5.41) is 1.35. The van der Waals surface area contributed by atoms with Crippen molar-refractivity contribution in [3.05, 3.63) is 82.0 Å². The van der Waals surface area contributed by atoms with E-state index in [0.717, 1.165) is 16.6 Å². The van der Waals surface area contributed by atoms with Crippen LogP contribution in [0.3, 0.4) is 0 Å². The predicted molar refractivity (Wildman–Crippen MR) is 114 cm³/mol. The summed E-state index contributed by atoms with van der Waals surface area (Å²) >= 11 is 0. The largest absolute Gasteiger partial charge is 0.329 e. The molecule has 0 bridgehead atoms. The maximum absolute atomic E-state index is 13.5. The van der Waals surface area contributed by atoms with Crippen molar-refractivity contribution < 1.29 is 4.79 Å². The van der Waals surface area contributed by atoms with Crippen LogP contribution in [-0.4, -0.2) is 31.8 Å². The summed E-state index contributed by atoms with van der Waals surface area (Å²) in [5.74, 6) is 0.350. The third kappa shape index (κ3) is 3.61. The molecule has 6 heteroatoms. The molecule has 2 heterocycles. The highest BCUT2D eigenvalue weighted by Gasteiger charge is 2.23. The first-order valence-corrected chi connectivity index (χ1v) is 9.59. The molecular weight excluding hydrogens is 364 g/mol. The summed E-state index contributed by atoms with van der Waals surface area (Å²) in [6.45, 7) is 6.00. The van der Waals surface area contributed by atoms with Crippen LogP contribution in [0.15, 0.2) is 59.4 Å². The number of nitrogens with zero attached hydrogens (tertiary/aromatic N) is 3. The van der Waals surface area contributed by atoms with Gasteiger partial charge in [-0.25, -0.2) is 4.98 Å². The summed E-state index contributed by atoms with van der Waals surface area (Å²) in [6.07, 6.45) is 0. The van der Waals surface area contributed by atoms with Gasteiger partial charge in [0.25, 0.3) is 11.5 Å². The van der Waals surface area contributed by atoms with E-state index in [9.17, 15) is 9.59 Å². The number of rotatable bonds is 4. The van der Waals surface area contributed by atoms with Gasteiger partial charge in [0.1, 0.15) is 5.82 Å². The first-order chi connectivity index (χ1) is 13.9. The van der Waals surface area contributed by atoms with Crippen LogP contribution < -0.4 is 5.56 Å². The second-order valence-corrected chi connectivity index (χ2v) is 7.38. The van der Waals surface area contributed by atoms with Gasteiger partial charge in [0.05, 0.1) is 28.5 Å². The van der Waals surface area contributed by atoms with Crippen LogP contribution in [0.1, 0.15) is 35.7 Å². The maximum atomic E-state index is 13.5. The Labute approximate surface area is 168 Å². The molecule has 0 aliphatic rings. The number of carbonyl (C=O) groups excluding carboxylic acids is 1. The first kappa shape index (κ1) is 18.8. The highest BCUT2D eigenvalue weighted by Crippen LogP contribution is 2.21. The number of aryl methyl sites for hydroxylation is 1. The molecule has 0 radical (unpaired) electrons. The number of para-hydroxylation sites is 2. The van der Waals surface area contributed by atoms with Gasteiger partial charge < -0.3 is 9.88 Å². The fraction of sp³-hybridized carbons (Fsp3) is 0.217. The molecule has 0 unspecified atom stereocenters. The summed E-state index contributed by atoms with van der Waals surface area (Å²) in [7, 11) is 0. The zero-order valence-corrected chi connectivity index (χ0v) is 16.6. The molecule has 29 heavy (non-hydrogen) atoms. The maximum Gasteiger partial charge on any atom is 0.258 e. The molecule has 146 valence electrons. The molecule has 0 atom stereocenters. The van der Waals surface area contributed by atoms with Gasteiger partial charge in [0.15, 0.2) is 0 Å². The average molecular weight is 386 g/mol. The Bertz CT molecular complexity index is 1280. The normalized spacial score (nSPS) is 11.3. The number of hydrogen-bond donors (Lipinski definition) is 1. The minimum atomic E-state index is -0.202. The Morgan fingerprint density at radius 2 is 1.62 bits per heavy atom. The number of amides is 1. The molecule has 0 saturated carbocycles. The molecule has 0 aliphatic carbocycles. The monoisotopic (exact) mass is 386 g/mol. The Balaban J connectivity index is 1.76. The highest BCUT2D eigenvalue weighted by atomic mass is 16.2. The number of hydrogen-bond acceptors (Lipinski definition) is 4. The zero-order valence-electron chi connectivity index (χ0n) is 16.6. The average Bonchev–Trinajstić information content (AvgIpc) is 2.70. The van der Waals surface area contributed by atoms with Crippen molar-refractivity contribution in [3.8, 4) is 0 Å². The molecule has 2 aromatic heterocycles. The predicted octanol–water partition coefficient (Wildman–Crippen LogP) is 3.83. The number of carbonyl (C=O) groups is 1. The number of H-pyrrole nitrogens is 1. The molecule has 0 aliphatic heterocycles. The smallest absolute Gasteiger partial charge is 0.258 e. The van der Waals surface area contributed by atoms with Crippen molar-refractivity contribution in [1.82, 2.24) is 19.9 Å². The number of aromatic amines is 1. The third-order valence-corrected chi connectivity index (χ3v) is 4.94. The molecule has 4 aromatic rings. The molecule has 1 amide bonds. The zero-order chi connectivity index (χ0) is 20.5. The van der Waals surface area contributed by atoms with Gasteiger partial charge in [-0.3, -0.25) is 14.6 Å². The fourth-order valence-electron chi connectivity index (χ4n) is 3.50. The molecule has 4 rings (SSSR count). The van der Waals surface area contributed by atoms with Crippen LogP contribution in [0, 0.1) is 6.92 Å². The summed E-state index contributed by atoms with van der Waals surface area (Å²) < 4.78 is 0. The molecular formula is C23H22N4O2. The standard InChI is InChI=1S/C23H22N4O2/c1-14(2)27(13-21-25-20-11-7-5-9-17(20)22(28)26-21)23(29)18-12-15(3)24-19-10-6-4-8-16(18)19/h4-12,14H,13H2,1-3H3,(H,25,26,28). The van der Waals surface area contributed by atoms with E-state index in [0.29, 0.717) is 22.3 Å². The Morgan fingerprint density at radius 3 is 2.31 bits per heavy atom.